The zero-order valence-electron chi connectivity index (χ0n) is 13.4. The van der Waals surface area contributed by atoms with Crippen LogP contribution in [0.1, 0.15) is 31.9 Å². The highest BCUT2D eigenvalue weighted by Gasteiger charge is 2.12. The minimum atomic E-state index is 0.232. The Kier molecular flexibility index (Phi) is 5.35. The fourth-order valence-corrected chi connectivity index (χ4v) is 2.94. The van der Waals surface area contributed by atoms with Crippen molar-refractivity contribution >= 4 is 17.4 Å². The molecule has 0 bridgehead atoms. The highest BCUT2D eigenvalue weighted by molar-refractivity contribution is 7.99. The van der Waals surface area contributed by atoms with Crippen molar-refractivity contribution in [2.45, 2.75) is 38.0 Å². The highest BCUT2D eigenvalue weighted by atomic mass is 32.2. The molecule has 21 heavy (non-hydrogen) atoms. The molecule has 0 radical (unpaired) electrons. The van der Waals surface area contributed by atoms with E-state index in [9.17, 15) is 0 Å². The average Bonchev–Trinajstić information content (AvgIpc) is 2.43. The maximum Gasteiger partial charge on any atom is 0.0343 e. The summed E-state index contributed by atoms with van der Waals surface area (Å²) in [6.45, 7) is 9.86. The van der Waals surface area contributed by atoms with Crippen LogP contribution in [0, 0.1) is 6.92 Å². The zero-order chi connectivity index (χ0) is 15.3. The molecule has 0 aliphatic heterocycles. The minimum absolute atomic E-state index is 0.232. The first kappa shape index (κ1) is 16.0. The van der Waals surface area contributed by atoms with E-state index in [1.165, 1.54) is 21.7 Å². The molecule has 112 valence electrons. The topological polar surface area (TPSA) is 12.0 Å². The van der Waals surface area contributed by atoms with Gasteiger partial charge < -0.3 is 5.32 Å². The molecule has 0 aliphatic carbocycles. The summed E-state index contributed by atoms with van der Waals surface area (Å²) in [5.74, 6) is 1.07. The number of benzene rings is 2. The van der Waals surface area contributed by atoms with Crippen LogP contribution in [0.25, 0.3) is 0 Å². The number of thioether (sulfide) groups is 1. The maximum absolute atomic E-state index is 3.47. The highest BCUT2D eigenvalue weighted by Crippen LogP contribution is 2.25. The molecule has 1 nitrogen and oxygen atoms in total. The fourth-order valence-electron chi connectivity index (χ4n) is 2.17. The quantitative estimate of drug-likeness (QED) is 0.578. The molecule has 2 aromatic carbocycles. The van der Waals surface area contributed by atoms with Gasteiger partial charge in [-0.1, -0.05) is 45.0 Å². The molecule has 0 aliphatic rings. The van der Waals surface area contributed by atoms with E-state index in [0.29, 0.717) is 0 Å². The van der Waals surface area contributed by atoms with E-state index < -0.39 is 0 Å². The van der Waals surface area contributed by atoms with Gasteiger partial charge in [0.15, 0.2) is 0 Å². The van der Waals surface area contributed by atoms with E-state index in [4.69, 9.17) is 0 Å². The summed E-state index contributed by atoms with van der Waals surface area (Å²) < 4.78 is 0. The lowest BCUT2D eigenvalue weighted by Crippen LogP contribution is -2.10. The van der Waals surface area contributed by atoms with E-state index in [1.807, 2.05) is 11.8 Å². The van der Waals surface area contributed by atoms with Gasteiger partial charge in [-0.15, -0.1) is 11.8 Å². The lowest BCUT2D eigenvalue weighted by molar-refractivity contribution is 0.590. The molecule has 1 N–H and O–H groups in total. The standard InChI is InChI=1S/C19H25NS/c1-15-6-5-7-17(14-15)20-12-13-21-18-10-8-16(9-11-18)19(2,3)4/h5-11,14,20H,12-13H2,1-4H3. The predicted octanol–water partition coefficient (Wildman–Crippen LogP) is 5.50. The van der Waals surface area contributed by atoms with E-state index in [2.05, 4.69) is 81.5 Å². The maximum atomic E-state index is 3.47. The van der Waals surface area contributed by atoms with Crippen LogP contribution in [-0.2, 0) is 5.41 Å². The van der Waals surface area contributed by atoms with Gasteiger partial charge in [0.05, 0.1) is 0 Å². The lowest BCUT2D eigenvalue weighted by atomic mass is 9.87. The molecule has 0 fully saturated rings. The van der Waals surface area contributed by atoms with Gasteiger partial charge in [0, 0.05) is 22.9 Å². The first-order valence-corrected chi connectivity index (χ1v) is 8.47. The Morgan fingerprint density at radius 3 is 2.33 bits per heavy atom. The molecule has 0 saturated heterocycles. The number of hydrogen-bond acceptors (Lipinski definition) is 2. The number of rotatable bonds is 5. The second-order valence-electron chi connectivity index (χ2n) is 6.42. The van der Waals surface area contributed by atoms with Gasteiger partial charge >= 0.3 is 0 Å². The van der Waals surface area contributed by atoms with Crippen LogP contribution in [0.4, 0.5) is 5.69 Å². The molecular weight excluding hydrogens is 274 g/mol. The first-order chi connectivity index (χ1) is 9.95. The summed E-state index contributed by atoms with van der Waals surface area (Å²) in [4.78, 5) is 1.34. The number of nitrogens with one attached hydrogen (secondary N) is 1. The summed E-state index contributed by atoms with van der Waals surface area (Å²) in [5, 5.41) is 3.47. The molecule has 0 aromatic heterocycles. The van der Waals surface area contributed by atoms with Crippen LogP contribution in [0.3, 0.4) is 0 Å². The minimum Gasteiger partial charge on any atom is -0.384 e. The third-order valence-corrected chi connectivity index (χ3v) is 4.45. The van der Waals surface area contributed by atoms with Gasteiger partial charge in [0.2, 0.25) is 0 Å². The van der Waals surface area contributed by atoms with Crippen molar-refractivity contribution < 1.29 is 0 Å². The third-order valence-electron chi connectivity index (χ3n) is 3.44. The van der Waals surface area contributed by atoms with Crippen molar-refractivity contribution in [1.82, 2.24) is 0 Å². The van der Waals surface area contributed by atoms with E-state index >= 15 is 0 Å². The van der Waals surface area contributed by atoms with Gasteiger partial charge in [-0.2, -0.15) is 0 Å². The number of anilines is 1. The van der Waals surface area contributed by atoms with Crippen LogP contribution in [-0.4, -0.2) is 12.3 Å². The first-order valence-electron chi connectivity index (χ1n) is 7.49. The molecular formula is C19H25NS. The van der Waals surface area contributed by atoms with Gasteiger partial charge in [0.1, 0.15) is 0 Å². The SMILES string of the molecule is Cc1cccc(NCCSc2ccc(C(C)(C)C)cc2)c1. The second-order valence-corrected chi connectivity index (χ2v) is 7.59. The Balaban J connectivity index is 1.79. The van der Waals surface area contributed by atoms with Gasteiger partial charge in [-0.3, -0.25) is 0 Å². The van der Waals surface area contributed by atoms with Crippen molar-refractivity contribution in [2.75, 3.05) is 17.6 Å². The summed E-state index contributed by atoms with van der Waals surface area (Å²) in [6.07, 6.45) is 0. The summed E-state index contributed by atoms with van der Waals surface area (Å²) >= 11 is 1.90. The largest absolute Gasteiger partial charge is 0.384 e. The summed E-state index contributed by atoms with van der Waals surface area (Å²) in [7, 11) is 0. The Hall–Kier alpha value is -1.41. The van der Waals surface area contributed by atoms with Gasteiger partial charge in [-0.25, -0.2) is 0 Å². The predicted molar refractivity (Wildman–Crippen MR) is 95.5 cm³/mol. The number of hydrogen-bond donors (Lipinski definition) is 1. The van der Waals surface area contributed by atoms with Crippen LogP contribution < -0.4 is 5.32 Å². The van der Waals surface area contributed by atoms with Crippen LogP contribution >= 0.6 is 11.8 Å². The second kappa shape index (κ2) is 7.04. The average molecular weight is 299 g/mol. The van der Waals surface area contributed by atoms with Crippen LogP contribution in [0.2, 0.25) is 0 Å². The van der Waals surface area contributed by atoms with Crippen molar-refractivity contribution in [1.29, 1.82) is 0 Å². The Morgan fingerprint density at radius 1 is 1.00 bits per heavy atom. The molecule has 0 saturated carbocycles. The molecule has 0 unspecified atom stereocenters. The molecule has 0 atom stereocenters. The normalized spacial score (nSPS) is 11.4. The van der Waals surface area contributed by atoms with Crippen LogP contribution in [0.5, 0.6) is 0 Å². The Bertz CT molecular complexity index is 567. The van der Waals surface area contributed by atoms with Gasteiger partial charge in [-0.05, 0) is 47.7 Å². The zero-order valence-corrected chi connectivity index (χ0v) is 14.3. The third kappa shape index (κ3) is 5.13. The van der Waals surface area contributed by atoms with Crippen molar-refractivity contribution in [3.8, 4) is 0 Å². The van der Waals surface area contributed by atoms with E-state index in [-0.39, 0.29) is 5.41 Å². The monoisotopic (exact) mass is 299 g/mol. The molecule has 0 spiro atoms. The van der Waals surface area contributed by atoms with Crippen molar-refractivity contribution in [3.63, 3.8) is 0 Å². The van der Waals surface area contributed by atoms with E-state index in [1.54, 1.807) is 0 Å². The number of aryl methyl sites for hydroxylation is 1. The lowest BCUT2D eigenvalue weighted by Gasteiger charge is -2.19. The smallest absolute Gasteiger partial charge is 0.0343 e. The summed E-state index contributed by atoms with van der Waals surface area (Å²) in [6, 6.07) is 17.5. The van der Waals surface area contributed by atoms with Crippen LogP contribution in [0.15, 0.2) is 53.4 Å². The van der Waals surface area contributed by atoms with Crippen molar-refractivity contribution in [3.05, 3.63) is 59.7 Å². The molecule has 2 heteroatoms. The molecule has 0 heterocycles. The molecule has 2 aromatic rings. The molecule has 2 rings (SSSR count). The van der Waals surface area contributed by atoms with Gasteiger partial charge in [0.25, 0.3) is 0 Å². The Morgan fingerprint density at radius 2 is 1.71 bits per heavy atom. The Labute approximate surface area is 133 Å². The fraction of sp³-hybridized carbons (Fsp3) is 0.368. The van der Waals surface area contributed by atoms with E-state index in [0.717, 1.165) is 12.3 Å². The molecule has 0 amide bonds. The van der Waals surface area contributed by atoms with Crippen molar-refractivity contribution in [2.24, 2.45) is 0 Å². The summed E-state index contributed by atoms with van der Waals surface area (Å²) in [5.41, 5.74) is 4.13.